The predicted molar refractivity (Wildman–Crippen MR) is 89.0 cm³/mol. The zero-order valence-corrected chi connectivity index (χ0v) is 14.5. The Morgan fingerprint density at radius 1 is 1.21 bits per heavy atom. The zero-order valence-electron chi connectivity index (χ0n) is 13.6. The summed E-state index contributed by atoms with van der Waals surface area (Å²) in [6, 6.07) is 1.86. The van der Waals surface area contributed by atoms with E-state index in [9.17, 15) is 32.3 Å². The first-order valence-corrected chi connectivity index (χ1v) is 9.38. The highest BCUT2D eigenvalue weighted by atomic mass is 31.2. The molecule has 4 rings (SSSR count). The van der Waals surface area contributed by atoms with Gasteiger partial charge in [-0.1, -0.05) is 0 Å². The lowest BCUT2D eigenvalue weighted by atomic mass is 10.1. The van der Waals surface area contributed by atoms with Crippen molar-refractivity contribution in [1.29, 1.82) is 0 Å². The maximum Gasteiger partial charge on any atom is 0.418 e. The number of fused-ring (bicyclic) bond motifs is 3. The smallest absolute Gasteiger partial charge is 0.324 e. The van der Waals surface area contributed by atoms with Gasteiger partial charge in [-0.2, -0.15) is 13.2 Å². The normalized spacial score (nSPS) is 12.9. The molecule has 146 valence electrons. The number of imidazole rings is 1. The minimum Gasteiger partial charge on any atom is -0.324 e. The van der Waals surface area contributed by atoms with Gasteiger partial charge in [-0.05, 0) is 12.1 Å². The number of hydrogen-bond donors (Lipinski definition) is 3. The van der Waals surface area contributed by atoms with Gasteiger partial charge in [0.25, 0.3) is 5.56 Å². The number of aromatic amines is 1. The van der Waals surface area contributed by atoms with Gasteiger partial charge >= 0.3 is 13.8 Å². The Morgan fingerprint density at radius 2 is 1.96 bits per heavy atom. The van der Waals surface area contributed by atoms with E-state index in [4.69, 9.17) is 0 Å². The van der Waals surface area contributed by atoms with Crippen molar-refractivity contribution < 1.29 is 27.5 Å². The first kappa shape index (κ1) is 18.3. The van der Waals surface area contributed by atoms with Crippen LogP contribution in [0.1, 0.15) is 11.4 Å². The lowest BCUT2D eigenvalue weighted by molar-refractivity contribution is -0.137. The van der Waals surface area contributed by atoms with Crippen molar-refractivity contribution >= 4 is 24.3 Å². The van der Waals surface area contributed by atoms with E-state index >= 15 is 0 Å². The fraction of sp³-hybridized carbons (Fsp3) is 0.143. The van der Waals surface area contributed by atoms with Gasteiger partial charge in [-0.3, -0.25) is 13.8 Å². The Balaban J connectivity index is 2.13. The van der Waals surface area contributed by atoms with Gasteiger partial charge in [0.1, 0.15) is 12.0 Å². The Kier molecular flexibility index (Phi) is 3.93. The molecular weight excluding hydrogens is 404 g/mol. The molecule has 0 radical (unpaired) electrons. The van der Waals surface area contributed by atoms with Gasteiger partial charge in [0.05, 0.1) is 28.6 Å². The number of aromatic nitrogens is 6. The molecule has 0 atom stereocenters. The minimum atomic E-state index is -4.76. The molecule has 0 aliphatic heterocycles. The van der Waals surface area contributed by atoms with Crippen LogP contribution < -0.4 is 5.56 Å². The molecule has 0 saturated carbocycles. The number of hydrogen-bond acceptors (Lipinski definition) is 5. The summed E-state index contributed by atoms with van der Waals surface area (Å²) in [6.07, 6.45) is -1.87. The number of alkyl halides is 3. The molecule has 3 heterocycles. The van der Waals surface area contributed by atoms with Crippen LogP contribution in [-0.4, -0.2) is 38.9 Å². The molecule has 0 fully saturated rings. The van der Waals surface area contributed by atoms with E-state index in [1.54, 1.807) is 0 Å². The van der Waals surface area contributed by atoms with E-state index in [0.29, 0.717) is 0 Å². The Bertz CT molecular complexity index is 1300. The Morgan fingerprint density at radius 3 is 2.57 bits per heavy atom. The lowest BCUT2D eigenvalue weighted by Gasteiger charge is -2.15. The molecule has 0 saturated heterocycles. The lowest BCUT2D eigenvalue weighted by Crippen LogP contribution is -2.15. The molecule has 3 N–H and O–H groups in total. The molecule has 0 spiro atoms. The van der Waals surface area contributed by atoms with Crippen LogP contribution in [0.2, 0.25) is 0 Å². The quantitative estimate of drug-likeness (QED) is 0.432. The van der Waals surface area contributed by atoms with Crippen molar-refractivity contribution in [2.75, 3.05) is 0 Å². The molecule has 1 aromatic carbocycles. The number of H-pyrrole nitrogens is 1. The van der Waals surface area contributed by atoms with Gasteiger partial charge in [0, 0.05) is 12.4 Å². The number of benzene rings is 1. The summed E-state index contributed by atoms with van der Waals surface area (Å²) in [7, 11) is -4.62. The fourth-order valence-electron chi connectivity index (χ4n) is 2.89. The second-order valence-electron chi connectivity index (χ2n) is 5.91. The van der Waals surface area contributed by atoms with Crippen molar-refractivity contribution in [3.63, 3.8) is 0 Å². The highest BCUT2D eigenvalue weighted by Crippen LogP contribution is 2.39. The molecule has 0 bridgehead atoms. The second kappa shape index (κ2) is 5.99. The van der Waals surface area contributed by atoms with Crippen LogP contribution in [0.25, 0.3) is 22.4 Å². The molecular formula is C14H10F3N6O4P. The first-order valence-electron chi connectivity index (χ1n) is 7.59. The zero-order chi connectivity index (χ0) is 20.3. The second-order valence-corrected chi connectivity index (χ2v) is 7.55. The van der Waals surface area contributed by atoms with Gasteiger partial charge in [-0.25, -0.2) is 4.98 Å². The largest absolute Gasteiger partial charge is 0.418 e. The molecule has 0 amide bonds. The molecule has 3 aromatic heterocycles. The highest BCUT2D eigenvalue weighted by Gasteiger charge is 2.35. The predicted octanol–water partition coefficient (Wildman–Crippen LogP) is 1.45. The third-order valence-corrected chi connectivity index (χ3v) is 4.67. The minimum absolute atomic E-state index is 0.000891. The van der Waals surface area contributed by atoms with Crippen LogP contribution in [0.5, 0.6) is 0 Å². The van der Waals surface area contributed by atoms with Crippen LogP contribution in [0.4, 0.5) is 13.2 Å². The van der Waals surface area contributed by atoms with E-state index < -0.39 is 31.1 Å². The van der Waals surface area contributed by atoms with Gasteiger partial charge in [-0.15, -0.1) is 10.2 Å². The average Bonchev–Trinajstić information content (AvgIpc) is 3.22. The third kappa shape index (κ3) is 3.09. The number of halogens is 3. The number of nitrogens with one attached hydrogen (secondary N) is 1. The van der Waals surface area contributed by atoms with E-state index in [1.807, 2.05) is 0 Å². The van der Waals surface area contributed by atoms with Crippen molar-refractivity contribution in [2.24, 2.45) is 0 Å². The van der Waals surface area contributed by atoms with Crippen molar-refractivity contribution in [3.05, 3.63) is 52.6 Å². The monoisotopic (exact) mass is 414 g/mol. The average molecular weight is 414 g/mol. The van der Waals surface area contributed by atoms with Crippen LogP contribution >= 0.6 is 7.60 Å². The fourth-order valence-corrected chi connectivity index (χ4v) is 3.46. The van der Waals surface area contributed by atoms with Crippen molar-refractivity contribution in [2.45, 2.75) is 12.3 Å². The summed E-state index contributed by atoms with van der Waals surface area (Å²) < 4.78 is 54.4. The van der Waals surface area contributed by atoms with E-state index in [0.717, 1.165) is 21.1 Å². The first-order chi connectivity index (χ1) is 13.0. The van der Waals surface area contributed by atoms with Crippen LogP contribution in [0, 0.1) is 0 Å². The maximum absolute atomic E-state index is 13.7. The van der Waals surface area contributed by atoms with E-state index in [-0.39, 0.29) is 28.2 Å². The van der Waals surface area contributed by atoms with Crippen LogP contribution in [0.15, 0.2) is 35.6 Å². The molecule has 0 aliphatic carbocycles. The summed E-state index contributed by atoms with van der Waals surface area (Å²) in [4.78, 5) is 36.8. The van der Waals surface area contributed by atoms with Crippen LogP contribution in [-0.2, 0) is 16.9 Å². The highest BCUT2D eigenvalue weighted by molar-refractivity contribution is 7.50. The third-order valence-electron chi connectivity index (χ3n) is 3.97. The number of nitrogens with zero attached hydrogens (tertiary/aromatic N) is 5. The summed E-state index contributed by atoms with van der Waals surface area (Å²) >= 11 is 0. The van der Waals surface area contributed by atoms with Crippen LogP contribution in [0.3, 0.4) is 0 Å². The van der Waals surface area contributed by atoms with Gasteiger partial charge in [0.15, 0.2) is 0 Å². The van der Waals surface area contributed by atoms with E-state index in [2.05, 4.69) is 20.2 Å². The molecule has 0 unspecified atom stereocenters. The summed E-state index contributed by atoms with van der Waals surface area (Å²) in [5.41, 5.74) is -2.62. The van der Waals surface area contributed by atoms with E-state index in [1.165, 1.54) is 18.7 Å². The SMILES string of the molecule is O=c1[nH]c2cc(-n3ccnc3)c(C(F)(F)F)cc2n2c(CP(=O)(O)O)nnc12. The van der Waals surface area contributed by atoms with Crippen molar-refractivity contribution in [1.82, 2.24) is 29.1 Å². The Labute approximate surface area is 152 Å². The summed E-state index contributed by atoms with van der Waals surface area (Å²) in [6.45, 7) is 0. The molecule has 28 heavy (non-hydrogen) atoms. The topological polar surface area (TPSA) is 138 Å². The molecule has 4 aromatic rings. The van der Waals surface area contributed by atoms with Gasteiger partial charge < -0.3 is 19.3 Å². The molecule has 10 nitrogen and oxygen atoms in total. The van der Waals surface area contributed by atoms with Gasteiger partial charge in [0.2, 0.25) is 5.65 Å². The molecule has 14 heteroatoms. The van der Waals surface area contributed by atoms with Crippen molar-refractivity contribution in [3.8, 4) is 5.69 Å². The molecule has 0 aliphatic rings. The number of rotatable bonds is 3. The standard InChI is InChI=1S/C14H10F3N6O4P/c15-14(16,17)7-3-10-8(4-9(7)22-2-1-18-6-22)19-13(24)12-21-20-11(23(10)12)5-28(25,26)27/h1-4,6H,5H2,(H,19,24)(H2,25,26,27). The summed E-state index contributed by atoms with van der Waals surface area (Å²) in [5.74, 6) is -0.331. The maximum atomic E-state index is 13.7. The summed E-state index contributed by atoms with van der Waals surface area (Å²) in [5, 5.41) is 7.11. The Hall–Kier alpha value is -3.02.